The Morgan fingerprint density at radius 2 is 1.90 bits per heavy atom. The minimum Gasteiger partial charge on any atom is -0.386 e. The van der Waals surface area contributed by atoms with Gasteiger partial charge in [0.15, 0.2) is 0 Å². The van der Waals surface area contributed by atoms with Crippen molar-refractivity contribution in [1.82, 2.24) is 0 Å². The van der Waals surface area contributed by atoms with E-state index in [-0.39, 0.29) is 17.4 Å². The number of nitrogens with two attached hydrogens (primary N) is 1. The lowest BCUT2D eigenvalue weighted by Gasteiger charge is -2.29. The standard InChI is InChI=1S/C14H17ClF3N3/c15-9-13(19)20-12-5-4-10(8-11(12)14(16,17)18)21-6-2-1-3-7-21/h4-5,8H,1-3,6-7,9H2,(H2,19,20). The fourth-order valence-corrected chi connectivity index (χ4v) is 2.44. The Morgan fingerprint density at radius 3 is 2.48 bits per heavy atom. The second-order valence-corrected chi connectivity index (χ2v) is 5.25. The van der Waals surface area contributed by atoms with Gasteiger partial charge in [0.1, 0.15) is 5.84 Å². The highest BCUT2D eigenvalue weighted by atomic mass is 35.5. The van der Waals surface area contributed by atoms with Crippen molar-refractivity contribution >= 4 is 28.8 Å². The molecule has 3 nitrogen and oxygen atoms in total. The highest BCUT2D eigenvalue weighted by Crippen LogP contribution is 2.39. The molecule has 0 unspecified atom stereocenters. The Morgan fingerprint density at radius 1 is 1.24 bits per heavy atom. The Bertz CT molecular complexity index is 523. The van der Waals surface area contributed by atoms with E-state index in [0.29, 0.717) is 5.69 Å². The van der Waals surface area contributed by atoms with Crippen LogP contribution < -0.4 is 10.6 Å². The van der Waals surface area contributed by atoms with Gasteiger partial charge >= 0.3 is 6.18 Å². The lowest BCUT2D eigenvalue weighted by Crippen LogP contribution is -2.29. The summed E-state index contributed by atoms with van der Waals surface area (Å²) < 4.78 is 39.6. The van der Waals surface area contributed by atoms with Crippen LogP contribution in [0.1, 0.15) is 24.8 Å². The van der Waals surface area contributed by atoms with Gasteiger partial charge in [0.2, 0.25) is 0 Å². The summed E-state index contributed by atoms with van der Waals surface area (Å²) in [6.45, 7) is 1.56. The summed E-state index contributed by atoms with van der Waals surface area (Å²) in [7, 11) is 0. The van der Waals surface area contributed by atoms with Gasteiger partial charge in [0.25, 0.3) is 0 Å². The number of nitrogens with zero attached hydrogens (tertiary/aromatic N) is 2. The van der Waals surface area contributed by atoms with E-state index in [1.165, 1.54) is 6.07 Å². The predicted octanol–water partition coefficient (Wildman–Crippen LogP) is 3.92. The molecule has 2 rings (SSSR count). The molecule has 0 spiro atoms. The molecule has 1 heterocycles. The van der Waals surface area contributed by atoms with Crippen molar-refractivity contribution in [2.45, 2.75) is 25.4 Å². The summed E-state index contributed by atoms with van der Waals surface area (Å²) in [5.41, 5.74) is 5.04. The minimum absolute atomic E-state index is 0.0344. The first-order valence-electron chi connectivity index (χ1n) is 6.77. The number of piperidine rings is 1. The van der Waals surface area contributed by atoms with E-state index in [9.17, 15) is 13.2 Å². The van der Waals surface area contributed by atoms with Crippen LogP contribution in [0.3, 0.4) is 0 Å². The van der Waals surface area contributed by atoms with Crippen LogP contribution >= 0.6 is 11.6 Å². The molecule has 1 aliphatic rings. The molecule has 0 atom stereocenters. The number of anilines is 1. The molecule has 0 aliphatic carbocycles. The normalized spacial score (nSPS) is 17.1. The van der Waals surface area contributed by atoms with Gasteiger partial charge in [0, 0.05) is 18.8 Å². The van der Waals surface area contributed by atoms with Crippen molar-refractivity contribution in [2.75, 3.05) is 23.9 Å². The van der Waals surface area contributed by atoms with E-state index >= 15 is 0 Å². The molecule has 7 heteroatoms. The monoisotopic (exact) mass is 319 g/mol. The highest BCUT2D eigenvalue weighted by molar-refractivity contribution is 6.28. The zero-order valence-corrected chi connectivity index (χ0v) is 12.2. The number of halogens is 4. The van der Waals surface area contributed by atoms with Crippen molar-refractivity contribution in [3.63, 3.8) is 0 Å². The molecule has 0 aromatic heterocycles. The topological polar surface area (TPSA) is 41.6 Å². The maximum absolute atomic E-state index is 13.2. The SMILES string of the molecule is NC(CCl)=Nc1ccc(N2CCCCC2)cc1C(F)(F)F. The molecule has 0 radical (unpaired) electrons. The lowest BCUT2D eigenvalue weighted by molar-refractivity contribution is -0.137. The van der Waals surface area contributed by atoms with Crippen molar-refractivity contribution in [2.24, 2.45) is 10.7 Å². The molecule has 0 amide bonds. The molecule has 1 aliphatic heterocycles. The van der Waals surface area contributed by atoms with Gasteiger partial charge in [-0.05, 0) is 37.5 Å². The summed E-state index contributed by atoms with van der Waals surface area (Å²) >= 11 is 5.48. The molecule has 2 N–H and O–H groups in total. The third kappa shape index (κ3) is 4.03. The highest BCUT2D eigenvalue weighted by Gasteiger charge is 2.34. The zero-order valence-electron chi connectivity index (χ0n) is 11.5. The maximum Gasteiger partial charge on any atom is 0.418 e. The summed E-state index contributed by atoms with van der Waals surface area (Å²) in [4.78, 5) is 5.72. The molecule has 21 heavy (non-hydrogen) atoms. The molecule has 116 valence electrons. The number of aliphatic imine (C=N–C) groups is 1. The molecular weight excluding hydrogens is 303 g/mol. The van der Waals surface area contributed by atoms with E-state index in [0.717, 1.165) is 38.4 Å². The first-order valence-corrected chi connectivity index (χ1v) is 7.30. The van der Waals surface area contributed by atoms with E-state index < -0.39 is 11.7 Å². The van der Waals surface area contributed by atoms with Gasteiger partial charge < -0.3 is 10.6 Å². The second kappa shape index (κ2) is 6.56. The number of benzene rings is 1. The lowest BCUT2D eigenvalue weighted by atomic mass is 10.1. The second-order valence-electron chi connectivity index (χ2n) is 4.98. The number of rotatable bonds is 3. The average Bonchev–Trinajstić information content (AvgIpc) is 2.47. The Kier molecular flexibility index (Phi) is 4.98. The van der Waals surface area contributed by atoms with E-state index in [1.807, 2.05) is 4.90 Å². The average molecular weight is 320 g/mol. The number of alkyl halides is 4. The summed E-state index contributed by atoms with van der Waals surface area (Å²) in [5.74, 6) is -0.140. The zero-order chi connectivity index (χ0) is 15.5. The van der Waals surface area contributed by atoms with Gasteiger partial charge in [-0.25, -0.2) is 4.99 Å². The Labute approximate surface area is 126 Å². The van der Waals surface area contributed by atoms with Gasteiger partial charge in [-0.15, -0.1) is 11.6 Å². The van der Waals surface area contributed by atoms with Crippen LogP contribution in [0.5, 0.6) is 0 Å². The van der Waals surface area contributed by atoms with Crippen LogP contribution in [-0.2, 0) is 6.18 Å². The first-order chi connectivity index (χ1) is 9.91. The largest absolute Gasteiger partial charge is 0.418 e. The summed E-state index contributed by atoms with van der Waals surface area (Å²) in [6.07, 6.45) is -1.35. The van der Waals surface area contributed by atoms with E-state index in [2.05, 4.69) is 4.99 Å². The fourth-order valence-electron chi connectivity index (χ4n) is 2.38. The predicted molar refractivity (Wildman–Crippen MR) is 79.5 cm³/mol. The van der Waals surface area contributed by atoms with Gasteiger partial charge in [-0.1, -0.05) is 0 Å². The third-order valence-corrected chi connectivity index (χ3v) is 3.68. The smallest absolute Gasteiger partial charge is 0.386 e. The Balaban J connectivity index is 2.39. The summed E-state index contributed by atoms with van der Waals surface area (Å²) in [6, 6.07) is 4.15. The van der Waals surface area contributed by atoms with Crippen LogP contribution in [-0.4, -0.2) is 24.8 Å². The molecule has 1 aromatic carbocycles. The number of hydrogen-bond donors (Lipinski definition) is 1. The number of amidine groups is 1. The van der Waals surface area contributed by atoms with Crippen molar-refractivity contribution < 1.29 is 13.2 Å². The molecular formula is C14H17ClF3N3. The quantitative estimate of drug-likeness (QED) is 0.521. The molecule has 0 saturated carbocycles. The maximum atomic E-state index is 13.2. The minimum atomic E-state index is -4.47. The fraction of sp³-hybridized carbons (Fsp3) is 0.500. The van der Waals surface area contributed by atoms with Crippen LogP contribution in [0.2, 0.25) is 0 Å². The van der Waals surface area contributed by atoms with Gasteiger partial charge in [-0.3, -0.25) is 0 Å². The van der Waals surface area contributed by atoms with Crippen molar-refractivity contribution in [3.05, 3.63) is 23.8 Å². The van der Waals surface area contributed by atoms with Crippen LogP contribution in [0.15, 0.2) is 23.2 Å². The number of hydrogen-bond acceptors (Lipinski definition) is 2. The van der Waals surface area contributed by atoms with Crippen LogP contribution in [0, 0.1) is 0 Å². The third-order valence-electron chi connectivity index (χ3n) is 3.41. The molecule has 1 fully saturated rings. The molecule has 0 bridgehead atoms. The van der Waals surface area contributed by atoms with Crippen molar-refractivity contribution in [3.8, 4) is 0 Å². The van der Waals surface area contributed by atoms with Crippen LogP contribution in [0.25, 0.3) is 0 Å². The Hall–Kier alpha value is -1.43. The van der Waals surface area contributed by atoms with E-state index in [1.54, 1.807) is 6.07 Å². The van der Waals surface area contributed by atoms with Gasteiger partial charge in [0.05, 0.1) is 17.1 Å². The molecule has 1 aromatic rings. The van der Waals surface area contributed by atoms with E-state index in [4.69, 9.17) is 17.3 Å². The van der Waals surface area contributed by atoms with Crippen LogP contribution in [0.4, 0.5) is 24.5 Å². The van der Waals surface area contributed by atoms with Crippen molar-refractivity contribution in [1.29, 1.82) is 0 Å². The van der Waals surface area contributed by atoms with Gasteiger partial charge in [-0.2, -0.15) is 13.2 Å². The summed E-state index contributed by atoms with van der Waals surface area (Å²) in [5, 5.41) is 0. The first kappa shape index (κ1) is 15.9. The molecule has 1 saturated heterocycles.